The van der Waals surface area contributed by atoms with Crippen LogP contribution in [0, 0.1) is 0 Å². The highest BCUT2D eigenvalue weighted by atomic mass is 16.5. The van der Waals surface area contributed by atoms with Gasteiger partial charge in [0.1, 0.15) is 6.33 Å². The van der Waals surface area contributed by atoms with Gasteiger partial charge in [0.25, 0.3) is 0 Å². The lowest BCUT2D eigenvalue weighted by molar-refractivity contribution is 0.414. The van der Waals surface area contributed by atoms with E-state index in [4.69, 9.17) is 4.74 Å². The van der Waals surface area contributed by atoms with Crippen LogP contribution in [0.2, 0.25) is 0 Å². The first-order chi connectivity index (χ1) is 10.3. The van der Waals surface area contributed by atoms with Crippen molar-refractivity contribution in [2.45, 2.75) is 26.3 Å². The molecule has 0 aliphatic rings. The fraction of sp³-hybridized carbons (Fsp3) is 0.500. The summed E-state index contributed by atoms with van der Waals surface area (Å²) >= 11 is 0. The summed E-state index contributed by atoms with van der Waals surface area (Å²) in [5, 5.41) is 10.7. The Morgan fingerprint density at radius 3 is 2.57 bits per heavy atom. The van der Waals surface area contributed by atoms with Crippen molar-refractivity contribution in [1.82, 2.24) is 19.7 Å². The number of hydrogen-bond acceptors (Lipinski definition) is 6. The molecule has 0 saturated heterocycles. The van der Waals surface area contributed by atoms with Gasteiger partial charge in [0, 0.05) is 32.0 Å². The summed E-state index contributed by atoms with van der Waals surface area (Å²) in [6, 6.07) is 1.92. The lowest BCUT2D eigenvalue weighted by Crippen LogP contribution is -2.11. The van der Waals surface area contributed by atoms with Gasteiger partial charge >= 0.3 is 0 Å². The van der Waals surface area contributed by atoms with E-state index in [-0.39, 0.29) is 0 Å². The predicted molar refractivity (Wildman–Crippen MR) is 82.7 cm³/mol. The Kier molecular flexibility index (Phi) is 5.81. The summed E-state index contributed by atoms with van der Waals surface area (Å²) in [4.78, 5) is 8.46. The summed E-state index contributed by atoms with van der Waals surface area (Å²) in [7, 11) is 1.63. The second-order valence-electron chi connectivity index (χ2n) is 4.58. The molecule has 21 heavy (non-hydrogen) atoms. The van der Waals surface area contributed by atoms with Crippen LogP contribution in [0.15, 0.2) is 24.8 Å². The molecule has 2 heterocycles. The third kappa shape index (κ3) is 4.34. The first kappa shape index (κ1) is 15.1. The number of methoxy groups -OCH3 is 1. The number of nitrogens with one attached hydrogen (secondary N) is 2. The van der Waals surface area contributed by atoms with Gasteiger partial charge in [0.05, 0.1) is 7.11 Å². The van der Waals surface area contributed by atoms with E-state index in [1.165, 1.54) is 6.33 Å². The van der Waals surface area contributed by atoms with E-state index >= 15 is 0 Å². The Hall–Kier alpha value is -2.31. The lowest BCUT2D eigenvalue weighted by Gasteiger charge is -2.13. The highest BCUT2D eigenvalue weighted by Crippen LogP contribution is 2.28. The topological polar surface area (TPSA) is 76.9 Å². The van der Waals surface area contributed by atoms with Gasteiger partial charge in [-0.05, 0) is 18.9 Å². The average Bonchev–Trinajstić information content (AvgIpc) is 3.02. The van der Waals surface area contributed by atoms with Crippen molar-refractivity contribution in [3.05, 3.63) is 24.8 Å². The molecule has 0 radical (unpaired) electrons. The first-order valence-electron chi connectivity index (χ1n) is 7.19. The Labute approximate surface area is 124 Å². The van der Waals surface area contributed by atoms with Crippen molar-refractivity contribution in [3.63, 3.8) is 0 Å². The van der Waals surface area contributed by atoms with Crippen molar-refractivity contribution in [2.75, 3.05) is 30.8 Å². The molecule has 0 spiro atoms. The Bertz CT molecular complexity index is 528. The number of nitrogens with zero attached hydrogens (tertiary/aromatic N) is 4. The van der Waals surface area contributed by atoms with Crippen LogP contribution in [0.3, 0.4) is 0 Å². The van der Waals surface area contributed by atoms with E-state index in [0.717, 1.165) is 38.3 Å². The Morgan fingerprint density at radius 1 is 1.19 bits per heavy atom. The van der Waals surface area contributed by atoms with Gasteiger partial charge in [-0.25, -0.2) is 9.97 Å². The fourth-order valence-corrected chi connectivity index (χ4v) is 1.94. The lowest BCUT2D eigenvalue weighted by atomic mass is 10.4. The standard InChI is InChI=1S/C14H22N6O/c1-3-6-15-13-12(21-2)14(18-11-17-13)16-7-4-9-20-10-5-8-19-20/h5,8,10-11H,3-4,6-7,9H2,1-2H3,(H2,15,16,17,18). The molecular formula is C14H22N6O. The minimum Gasteiger partial charge on any atom is -0.490 e. The number of ether oxygens (including phenoxy) is 1. The molecule has 2 rings (SSSR count). The van der Waals surface area contributed by atoms with Crippen LogP contribution < -0.4 is 15.4 Å². The quantitative estimate of drug-likeness (QED) is 0.688. The summed E-state index contributed by atoms with van der Waals surface area (Å²) in [6.07, 6.45) is 7.26. The Morgan fingerprint density at radius 2 is 1.95 bits per heavy atom. The molecule has 2 aromatic heterocycles. The van der Waals surface area contributed by atoms with Crippen LogP contribution >= 0.6 is 0 Å². The molecule has 2 N–H and O–H groups in total. The molecule has 0 unspecified atom stereocenters. The van der Waals surface area contributed by atoms with Crippen LogP contribution in [0.1, 0.15) is 19.8 Å². The normalized spacial score (nSPS) is 10.4. The third-order valence-electron chi connectivity index (χ3n) is 2.97. The number of rotatable bonds is 9. The molecule has 0 saturated carbocycles. The smallest absolute Gasteiger partial charge is 0.204 e. The second-order valence-corrected chi connectivity index (χ2v) is 4.58. The second kappa shape index (κ2) is 8.08. The van der Waals surface area contributed by atoms with Crippen LogP contribution in [-0.2, 0) is 6.54 Å². The van der Waals surface area contributed by atoms with Crippen LogP contribution in [0.4, 0.5) is 11.6 Å². The van der Waals surface area contributed by atoms with Gasteiger partial charge in [-0.15, -0.1) is 0 Å². The van der Waals surface area contributed by atoms with E-state index in [9.17, 15) is 0 Å². The SMILES string of the molecule is CCCNc1ncnc(NCCCn2cccn2)c1OC. The minimum absolute atomic E-state index is 0.657. The van der Waals surface area contributed by atoms with Gasteiger partial charge in [0.15, 0.2) is 11.6 Å². The largest absolute Gasteiger partial charge is 0.490 e. The fourth-order valence-electron chi connectivity index (χ4n) is 1.94. The number of anilines is 2. The van der Waals surface area contributed by atoms with Crippen molar-refractivity contribution >= 4 is 11.6 Å². The van der Waals surface area contributed by atoms with Crippen LogP contribution in [-0.4, -0.2) is 39.9 Å². The molecule has 0 bridgehead atoms. The molecule has 7 heteroatoms. The summed E-state index contributed by atoms with van der Waals surface area (Å²) < 4.78 is 7.32. The van der Waals surface area contributed by atoms with Crippen molar-refractivity contribution in [1.29, 1.82) is 0 Å². The van der Waals surface area contributed by atoms with Gasteiger partial charge in [0.2, 0.25) is 5.75 Å². The van der Waals surface area contributed by atoms with E-state index in [0.29, 0.717) is 11.6 Å². The van der Waals surface area contributed by atoms with Gasteiger partial charge in [-0.1, -0.05) is 6.92 Å². The molecule has 0 amide bonds. The van der Waals surface area contributed by atoms with Crippen molar-refractivity contribution in [2.24, 2.45) is 0 Å². The average molecular weight is 290 g/mol. The minimum atomic E-state index is 0.657. The molecule has 0 fully saturated rings. The molecule has 7 nitrogen and oxygen atoms in total. The molecule has 2 aromatic rings. The van der Waals surface area contributed by atoms with Gasteiger partial charge in [-0.2, -0.15) is 5.10 Å². The zero-order valence-corrected chi connectivity index (χ0v) is 12.5. The number of aromatic nitrogens is 4. The summed E-state index contributed by atoms with van der Waals surface area (Å²) in [6.45, 7) is 4.62. The zero-order chi connectivity index (χ0) is 14.9. The zero-order valence-electron chi connectivity index (χ0n) is 12.5. The van der Waals surface area contributed by atoms with Crippen LogP contribution in [0.5, 0.6) is 5.75 Å². The molecular weight excluding hydrogens is 268 g/mol. The van der Waals surface area contributed by atoms with Crippen LogP contribution in [0.25, 0.3) is 0 Å². The van der Waals surface area contributed by atoms with Gasteiger partial charge in [-0.3, -0.25) is 4.68 Å². The highest BCUT2D eigenvalue weighted by Gasteiger charge is 2.10. The maximum Gasteiger partial charge on any atom is 0.204 e. The molecule has 114 valence electrons. The van der Waals surface area contributed by atoms with E-state index in [1.807, 2.05) is 16.9 Å². The first-order valence-corrected chi connectivity index (χ1v) is 7.19. The van der Waals surface area contributed by atoms with E-state index in [2.05, 4.69) is 32.6 Å². The molecule has 0 aliphatic carbocycles. The number of hydrogen-bond donors (Lipinski definition) is 2. The Balaban J connectivity index is 1.89. The monoisotopic (exact) mass is 290 g/mol. The highest BCUT2D eigenvalue weighted by molar-refractivity contribution is 5.63. The van der Waals surface area contributed by atoms with Crippen molar-refractivity contribution < 1.29 is 4.74 Å². The predicted octanol–water partition coefficient (Wildman–Crippen LogP) is 2.01. The van der Waals surface area contributed by atoms with Gasteiger partial charge < -0.3 is 15.4 Å². The van der Waals surface area contributed by atoms with E-state index < -0.39 is 0 Å². The summed E-state index contributed by atoms with van der Waals surface area (Å²) in [5.41, 5.74) is 0. The maximum absolute atomic E-state index is 5.41. The number of aryl methyl sites for hydroxylation is 1. The molecule has 0 atom stereocenters. The molecule has 0 aliphatic heterocycles. The summed E-state index contributed by atoms with van der Waals surface area (Å²) in [5.74, 6) is 2.10. The van der Waals surface area contributed by atoms with E-state index in [1.54, 1.807) is 13.3 Å². The van der Waals surface area contributed by atoms with Crippen molar-refractivity contribution in [3.8, 4) is 5.75 Å². The molecule has 0 aromatic carbocycles. The third-order valence-corrected chi connectivity index (χ3v) is 2.97. The maximum atomic E-state index is 5.41.